The van der Waals surface area contributed by atoms with Crippen LogP contribution >= 0.6 is 0 Å². The summed E-state index contributed by atoms with van der Waals surface area (Å²) in [6.45, 7) is 6.80. The molecule has 1 atom stereocenters. The zero-order valence-electron chi connectivity index (χ0n) is 10.2. The molecule has 0 aromatic heterocycles. The Morgan fingerprint density at radius 1 is 1.44 bits per heavy atom. The molecule has 0 aromatic rings. The molecule has 0 unspecified atom stereocenters. The molecule has 0 bridgehead atoms. The number of rotatable bonds is 2. The van der Waals surface area contributed by atoms with Gasteiger partial charge in [0, 0.05) is 11.8 Å². The molecule has 0 saturated carbocycles. The molecule has 3 heteroatoms. The highest BCUT2D eigenvalue weighted by Crippen LogP contribution is 2.43. The molecular formula is C13H18O3. The molecule has 0 spiro atoms. The average Bonchev–Trinajstić information content (AvgIpc) is 2.08. The number of carbonyl (C=O) groups is 2. The summed E-state index contributed by atoms with van der Waals surface area (Å²) in [4.78, 5) is 22.4. The first-order valence-electron chi connectivity index (χ1n) is 5.33. The van der Waals surface area contributed by atoms with Gasteiger partial charge < -0.3 is 5.11 Å². The lowest BCUT2D eigenvalue weighted by Gasteiger charge is -2.43. The van der Waals surface area contributed by atoms with Crippen molar-refractivity contribution < 1.29 is 14.7 Å². The molecule has 0 aromatic carbocycles. The highest BCUT2D eigenvalue weighted by atomic mass is 16.3. The van der Waals surface area contributed by atoms with Crippen LogP contribution in [-0.2, 0) is 9.59 Å². The summed E-state index contributed by atoms with van der Waals surface area (Å²) in [5.74, 6) is -0.118. The highest BCUT2D eigenvalue weighted by Gasteiger charge is 2.45. The van der Waals surface area contributed by atoms with E-state index in [4.69, 9.17) is 0 Å². The zero-order chi connectivity index (χ0) is 12.6. The van der Waals surface area contributed by atoms with Gasteiger partial charge in [0.25, 0.3) is 0 Å². The number of hydrogen-bond acceptors (Lipinski definition) is 3. The van der Waals surface area contributed by atoms with Crippen LogP contribution in [0.4, 0.5) is 0 Å². The third-order valence-corrected chi connectivity index (χ3v) is 3.31. The standard InChI is InChI=1S/C13H18O3/c1-9(14)5-6-10-7-11(15)8-12(2,3)13(10,4)16/h5-7,16H,8H2,1-4H3/b6-5+/t13-/m1/s1. The van der Waals surface area contributed by atoms with Crippen molar-refractivity contribution in [3.05, 3.63) is 23.8 Å². The van der Waals surface area contributed by atoms with Crippen LogP contribution in [0.1, 0.15) is 34.1 Å². The molecule has 1 rings (SSSR count). The molecule has 3 nitrogen and oxygen atoms in total. The van der Waals surface area contributed by atoms with E-state index in [9.17, 15) is 14.7 Å². The van der Waals surface area contributed by atoms with Gasteiger partial charge in [-0.1, -0.05) is 19.9 Å². The van der Waals surface area contributed by atoms with Gasteiger partial charge in [-0.2, -0.15) is 0 Å². The maximum atomic E-state index is 11.5. The van der Waals surface area contributed by atoms with Gasteiger partial charge >= 0.3 is 0 Å². The molecular weight excluding hydrogens is 204 g/mol. The van der Waals surface area contributed by atoms with E-state index >= 15 is 0 Å². The Bertz CT molecular complexity index is 384. The maximum absolute atomic E-state index is 11.5. The summed E-state index contributed by atoms with van der Waals surface area (Å²) in [6.07, 6.45) is 4.64. The van der Waals surface area contributed by atoms with Crippen LogP contribution < -0.4 is 0 Å². The average molecular weight is 222 g/mol. The molecule has 1 N–H and O–H groups in total. The Hall–Kier alpha value is -1.22. The lowest BCUT2D eigenvalue weighted by Crippen LogP contribution is -2.47. The summed E-state index contributed by atoms with van der Waals surface area (Å²) >= 11 is 0. The Labute approximate surface area is 95.9 Å². The van der Waals surface area contributed by atoms with Crippen LogP contribution in [-0.4, -0.2) is 22.3 Å². The Balaban J connectivity index is 3.15. The molecule has 1 aliphatic rings. The fraction of sp³-hybridized carbons (Fsp3) is 0.538. The molecule has 1 aliphatic carbocycles. The van der Waals surface area contributed by atoms with Crippen LogP contribution in [0.25, 0.3) is 0 Å². The first-order valence-corrected chi connectivity index (χ1v) is 5.33. The van der Waals surface area contributed by atoms with Gasteiger partial charge in [-0.3, -0.25) is 9.59 Å². The minimum absolute atomic E-state index is 0.0141. The van der Waals surface area contributed by atoms with E-state index < -0.39 is 11.0 Å². The van der Waals surface area contributed by atoms with E-state index in [0.717, 1.165) is 0 Å². The molecule has 0 amide bonds. The van der Waals surface area contributed by atoms with Gasteiger partial charge in [0.15, 0.2) is 11.6 Å². The van der Waals surface area contributed by atoms with Gasteiger partial charge in [-0.15, -0.1) is 0 Å². The molecule has 0 radical (unpaired) electrons. The molecule has 0 saturated heterocycles. The molecule has 0 heterocycles. The highest BCUT2D eigenvalue weighted by molar-refractivity contribution is 5.94. The van der Waals surface area contributed by atoms with Crippen LogP contribution in [0, 0.1) is 5.41 Å². The van der Waals surface area contributed by atoms with Crippen molar-refractivity contribution in [3.8, 4) is 0 Å². The predicted molar refractivity (Wildman–Crippen MR) is 61.9 cm³/mol. The van der Waals surface area contributed by atoms with Crippen molar-refractivity contribution in [2.24, 2.45) is 5.41 Å². The van der Waals surface area contributed by atoms with E-state index in [2.05, 4.69) is 0 Å². The van der Waals surface area contributed by atoms with Crippen LogP contribution in [0.5, 0.6) is 0 Å². The third kappa shape index (κ3) is 2.30. The lowest BCUT2D eigenvalue weighted by atomic mass is 9.65. The van der Waals surface area contributed by atoms with Crippen molar-refractivity contribution in [2.75, 3.05) is 0 Å². The van der Waals surface area contributed by atoms with Crippen molar-refractivity contribution in [1.29, 1.82) is 0 Å². The minimum atomic E-state index is -1.09. The van der Waals surface area contributed by atoms with E-state index in [1.54, 1.807) is 6.92 Å². The summed E-state index contributed by atoms with van der Waals surface area (Å²) in [5, 5.41) is 10.4. The largest absolute Gasteiger partial charge is 0.385 e. The fourth-order valence-electron chi connectivity index (χ4n) is 1.78. The van der Waals surface area contributed by atoms with Crippen molar-refractivity contribution in [3.63, 3.8) is 0 Å². The lowest BCUT2D eigenvalue weighted by molar-refractivity contribution is -0.122. The van der Waals surface area contributed by atoms with Crippen molar-refractivity contribution in [2.45, 2.75) is 39.7 Å². The van der Waals surface area contributed by atoms with Crippen LogP contribution in [0.15, 0.2) is 23.8 Å². The first-order chi connectivity index (χ1) is 7.17. The maximum Gasteiger partial charge on any atom is 0.156 e. The Morgan fingerprint density at radius 3 is 2.50 bits per heavy atom. The Morgan fingerprint density at radius 2 is 2.00 bits per heavy atom. The second-order valence-corrected chi connectivity index (χ2v) is 5.14. The zero-order valence-corrected chi connectivity index (χ0v) is 10.2. The number of allylic oxidation sites excluding steroid dienone is 2. The van der Waals surface area contributed by atoms with Gasteiger partial charge in [-0.25, -0.2) is 0 Å². The van der Waals surface area contributed by atoms with Crippen LogP contribution in [0.2, 0.25) is 0 Å². The SMILES string of the molecule is CC(=O)/C=C/C1=CC(=O)CC(C)(C)[C@]1(C)O. The van der Waals surface area contributed by atoms with Crippen LogP contribution in [0.3, 0.4) is 0 Å². The first kappa shape index (κ1) is 12.8. The summed E-state index contributed by atoms with van der Waals surface area (Å²) in [6, 6.07) is 0. The summed E-state index contributed by atoms with van der Waals surface area (Å²) in [5.41, 5.74) is -1.11. The second kappa shape index (κ2) is 3.98. The van der Waals surface area contributed by atoms with E-state index in [1.807, 2.05) is 13.8 Å². The Kier molecular flexibility index (Phi) is 3.20. The van der Waals surface area contributed by atoms with Crippen molar-refractivity contribution in [1.82, 2.24) is 0 Å². The van der Waals surface area contributed by atoms with Gasteiger partial charge in [0.05, 0.1) is 5.60 Å². The smallest absolute Gasteiger partial charge is 0.156 e. The normalized spacial score (nSPS) is 29.3. The van der Waals surface area contributed by atoms with Gasteiger partial charge in [-0.05, 0) is 31.6 Å². The summed E-state index contributed by atoms with van der Waals surface area (Å²) in [7, 11) is 0. The minimum Gasteiger partial charge on any atom is -0.385 e. The van der Waals surface area contributed by atoms with Gasteiger partial charge in [0.2, 0.25) is 0 Å². The monoisotopic (exact) mass is 222 g/mol. The number of hydrogen-bond donors (Lipinski definition) is 1. The molecule has 0 fully saturated rings. The molecule has 88 valence electrons. The van der Waals surface area contributed by atoms with Gasteiger partial charge in [0.1, 0.15) is 0 Å². The number of carbonyl (C=O) groups excluding carboxylic acids is 2. The predicted octanol–water partition coefficient (Wildman–Crippen LogP) is 1.81. The quantitative estimate of drug-likeness (QED) is 0.725. The topological polar surface area (TPSA) is 54.4 Å². The third-order valence-electron chi connectivity index (χ3n) is 3.31. The second-order valence-electron chi connectivity index (χ2n) is 5.14. The van der Waals surface area contributed by atoms with E-state index in [0.29, 0.717) is 12.0 Å². The van der Waals surface area contributed by atoms with E-state index in [-0.39, 0.29) is 11.6 Å². The fourth-order valence-corrected chi connectivity index (χ4v) is 1.78. The molecule has 16 heavy (non-hydrogen) atoms. The number of ketones is 2. The van der Waals surface area contributed by atoms with Crippen molar-refractivity contribution >= 4 is 11.6 Å². The molecule has 0 aliphatic heterocycles. The number of aliphatic hydroxyl groups is 1. The summed E-state index contributed by atoms with van der Waals surface area (Å²) < 4.78 is 0. The van der Waals surface area contributed by atoms with E-state index in [1.165, 1.54) is 25.2 Å².